The van der Waals surface area contributed by atoms with Crippen molar-refractivity contribution >= 4 is 0 Å². The Bertz CT molecular complexity index is 555. The minimum atomic E-state index is -0.153. The Morgan fingerprint density at radius 3 is 2.32 bits per heavy atom. The summed E-state index contributed by atoms with van der Waals surface area (Å²) in [6.07, 6.45) is 1.52. The molecular weight excluding hydrogens is 276 g/mol. The van der Waals surface area contributed by atoms with E-state index in [9.17, 15) is 5.11 Å². The van der Waals surface area contributed by atoms with Crippen LogP contribution < -0.4 is 0 Å². The first-order valence-electron chi connectivity index (χ1n) is 7.82. The van der Waals surface area contributed by atoms with Gasteiger partial charge in [0.2, 0.25) is 0 Å². The van der Waals surface area contributed by atoms with Crippen LogP contribution in [-0.2, 0) is 16.1 Å². The van der Waals surface area contributed by atoms with E-state index in [-0.39, 0.29) is 24.9 Å². The smallest absolute Gasteiger partial charge is 0.0854 e. The van der Waals surface area contributed by atoms with Gasteiger partial charge in [0.25, 0.3) is 0 Å². The van der Waals surface area contributed by atoms with Crippen molar-refractivity contribution in [1.29, 1.82) is 0 Å². The van der Waals surface area contributed by atoms with E-state index in [0.29, 0.717) is 6.61 Å². The molecule has 0 spiro atoms. The van der Waals surface area contributed by atoms with Crippen molar-refractivity contribution in [3.63, 3.8) is 0 Å². The third-order valence-corrected chi connectivity index (χ3v) is 4.06. The molecular formula is C19H22O3. The van der Waals surface area contributed by atoms with Gasteiger partial charge in [-0.25, -0.2) is 0 Å². The lowest BCUT2D eigenvalue weighted by molar-refractivity contribution is -0.133. The van der Waals surface area contributed by atoms with Gasteiger partial charge < -0.3 is 14.6 Å². The number of ether oxygens (including phenoxy) is 2. The lowest BCUT2D eigenvalue weighted by Gasteiger charge is -2.35. The Balaban J connectivity index is 1.63. The molecule has 1 aliphatic rings. The highest BCUT2D eigenvalue weighted by molar-refractivity contribution is 5.18. The Labute approximate surface area is 131 Å². The van der Waals surface area contributed by atoms with Crippen LogP contribution in [0.15, 0.2) is 60.7 Å². The molecule has 0 aromatic heterocycles. The highest BCUT2D eigenvalue weighted by Crippen LogP contribution is 2.33. The normalized spacial score (nSPS) is 25.0. The second-order valence-electron chi connectivity index (χ2n) is 5.73. The highest BCUT2D eigenvalue weighted by atomic mass is 16.5. The van der Waals surface area contributed by atoms with Gasteiger partial charge in [0, 0.05) is 12.8 Å². The molecule has 3 rings (SSSR count). The first-order valence-corrected chi connectivity index (χ1v) is 7.82. The molecule has 2 aromatic carbocycles. The number of rotatable bonds is 5. The van der Waals surface area contributed by atoms with Gasteiger partial charge in [0.05, 0.1) is 31.5 Å². The average molecular weight is 298 g/mol. The van der Waals surface area contributed by atoms with Crippen molar-refractivity contribution in [1.82, 2.24) is 0 Å². The molecule has 0 aliphatic carbocycles. The fourth-order valence-corrected chi connectivity index (χ4v) is 2.90. The fraction of sp³-hybridized carbons (Fsp3) is 0.368. The quantitative estimate of drug-likeness (QED) is 0.918. The van der Waals surface area contributed by atoms with E-state index in [1.807, 2.05) is 36.4 Å². The SMILES string of the molecule is OCC1CC(OCc2ccccc2)CC(c2ccccc2)O1. The molecule has 0 amide bonds. The van der Waals surface area contributed by atoms with Gasteiger partial charge in [-0.1, -0.05) is 60.7 Å². The Kier molecular flexibility index (Phi) is 5.22. The average Bonchev–Trinajstić information content (AvgIpc) is 2.61. The van der Waals surface area contributed by atoms with Crippen molar-refractivity contribution in [3.05, 3.63) is 71.8 Å². The molecule has 1 heterocycles. The molecule has 1 fully saturated rings. The number of aliphatic hydroxyl groups is 1. The zero-order chi connectivity index (χ0) is 15.2. The molecule has 0 bridgehead atoms. The second-order valence-corrected chi connectivity index (χ2v) is 5.73. The van der Waals surface area contributed by atoms with E-state index in [0.717, 1.165) is 18.4 Å². The highest BCUT2D eigenvalue weighted by Gasteiger charge is 2.30. The summed E-state index contributed by atoms with van der Waals surface area (Å²) in [5.74, 6) is 0. The van der Waals surface area contributed by atoms with Crippen LogP contribution in [0.3, 0.4) is 0 Å². The molecule has 1 aliphatic heterocycles. The molecule has 116 valence electrons. The number of hydrogen-bond acceptors (Lipinski definition) is 3. The molecule has 3 heteroatoms. The summed E-state index contributed by atoms with van der Waals surface area (Å²) in [6.45, 7) is 0.639. The van der Waals surface area contributed by atoms with Crippen LogP contribution >= 0.6 is 0 Å². The summed E-state index contributed by atoms with van der Waals surface area (Å²) in [4.78, 5) is 0. The predicted octanol–water partition coefficient (Wildman–Crippen LogP) is 3.48. The van der Waals surface area contributed by atoms with Crippen molar-refractivity contribution in [2.24, 2.45) is 0 Å². The molecule has 22 heavy (non-hydrogen) atoms. The van der Waals surface area contributed by atoms with Crippen molar-refractivity contribution < 1.29 is 14.6 Å². The monoisotopic (exact) mass is 298 g/mol. The Morgan fingerprint density at radius 2 is 1.64 bits per heavy atom. The third kappa shape index (κ3) is 3.95. The second kappa shape index (κ2) is 7.54. The molecule has 3 nitrogen and oxygen atoms in total. The van der Waals surface area contributed by atoms with Gasteiger partial charge in [-0.15, -0.1) is 0 Å². The zero-order valence-electron chi connectivity index (χ0n) is 12.6. The van der Waals surface area contributed by atoms with Gasteiger partial charge in [-0.3, -0.25) is 0 Å². The van der Waals surface area contributed by atoms with Gasteiger partial charge in [-0.05, 0) is 11.1 Å². The summed E-state index contributed by atoms with van der Waals surface area (Å²) in [5.41, 5.74) is 2.32. The number of aliphatic hydroxyl groups excluding tert-OH is 1. The lowest BCUT2D eigenvalue weighted by Crippen LogP contribution is -2.35. The van der Waals surface area contributed by atoms with Crippen LogP contribution in [0.5, 0.6) is 0 Å². The van der Waals surface area contributed by atoms with E-state index >= 15 is 0 Å². The minimum absolute atomic E-state index is 0.00660. The zero-order valence-corrected chi connectivity index (χ0v) is 12.6. The summed E-state index contributed by atoms with van der Waals surface area (Å²) >= 11 is 0. The fourth-order valence-electron chi connectivity index (χ4n) is 2.90. The summed E-state index contributed by atoms with van der Waals surface area (Å²) < 4.78 is 12.0. The molecule has 3 unspecified atom stereocenters. The third-order valence-electron chi connectivity index (χ3n) is 4.06. The van der Waals surface area contributed by atoms with E-state index in [2.05, 4.69) is 24.3 Å². The van der Waals surface area contributed by atoms with E-state index < -0.39 is 0 Å². The molecule has 1 N–H and O–H groups in total. The number of hydrogen-bond donors (Lipinski definition) is 1. The summed E-state index contributed by atoms with van der Waals surface area (Å²) in [5, 5.41) is 9.48. The maximum atomic E-state index is 9.48. The first kappa shape index (κ1) is 15.2. The van der Waals surface area contributed by atoms with E-state index in [1.54, 1.807) is 0 Å². The molecule has 2 aromatic rings. The molecule has 1 saturated heterocycles. The molecule has 0 radical (unpaired) electrons. The first-order chi connectivity index (χ1) is 10.8. The maximum absolute atomic E-state index is 9.48. The largest absolute Gasteiger partial charge is 0.394 e. The Hall–Kier alpha value is -1.68. The van der Waals surface area contributed by atoms with Crippen LogP contribution in [-0.4, -0.2) is 23.9 Å². The van der Waals surface area contributed by atoms with Crippen LogP contribution in [0.25, 0.3) is 0 Å². The Morgan fingerprint density at radius 1 is 0.955 bits per heavy atom. The molecule has 0 saturated carbocycles. The van der Waals surface area contributed by atoms with Crippen molar-refractivity contribution in [2.45, 2.75) is 37.8 Å². The van der Waals surface area contributed by atoms with Crippen LogP contribution in [0, 0.1) is 0 Å². The van der Waals surface area contributed by atoms with Gasteiger partial charge in [-0.2, -0.15) is 0 Å². The maximum Gasteiger partial charge on any atom is 0.0854 e. The van der Waals surface area contributed by atoms with Crippen LogP contribution in [0.1, 0.15) is 30.1 Å². The van der Waals surface area contributed by atoms with Crippen LogP contribution in [0.4, 0.5) is 0 Å². The molecule has 3 atom stereocenters. The van der Waals surface area contributed by atoms with Gasteiger partial charge in [0.1, 0.15) is 0 Å². The van der Waals surface area contributed by atoms with Crippen molar-refractivity contribution in [2.75, 3.05) is 6.61 Å². The summed E-state index contributed by atoms with van der Waals surface area (Å²) in [7, 11) is 0. The van der Waals surface area contributed by atoms with Gasteiger partial charge >= 0.3 is 0 Å². The summed E-state index contributed by atoms with van der Waals surface area (Å²) in [6, 6.07) is 20.3. The lowest BCUT2D eigenvalue weighted by atomic mass is 9.96. The van der Waals surface area contributed by atoms with E-state index in [1.165, 1.54) is 5.56 Å². The minimum Gasteiger partial charge on any atom is -0.394 e. The standard InChI is InChI=1S/C19H22O3/c20-13-18-11-17(21-14-15-7-3-1-4-8-15)12-19(22-18)16-9-5-2-6-10-16/h1-10,17-20H,11-14H2. The van der Waals surface area contributed by atoms with Crippen molar-refractivity contribution in [3.8, 4) is 0 Å². The van der Waals surface area contributed by atoms with E-state index in [4.69, 9.17) is 9.47 Å². The number of benzene rings is 2. The topological polar surface area (TPSA) is 38.7 Å². The van der Waals surface area contributed by atoms with Crippen LogP contribution in [0.2, 0.25) is 0 Å². The predicted molar refractivity (Wildman–Crippen MR) is 85.4 cm³/mol. The van der Waals surface area contributed by atoms with Gasteiger partial charge in [0.15, 0.2) is 0 Å².